The summed E-state index contributed by atoms with van der Waals surface area (Å²) in [6, 6.07) is 10.2. The Labute approximate surface area is 260 Å². The van der Waals surface area contributed by atoms with E-state index in [4.69, 9.17) is 4.74 Å². The number of ether oxygens (including phenoxy) is 1. The molecule has 7 nitrogen and oxygen atoms in total. The Kier molecular flexibility index (Phi) is 13.7. The highest BCUT2D eigenvalue weighted by atomic mass is 16.6. The molecule has 238 valence electrons. The van der Waals surface area contributed by atoms with E-state index in [2.05, 4.69) is 17.6 Å². The predicted molar refractivity (Wildman–Crippen MR) is 176 cm³/mol. The number of alkyl carbamates (subject to hydrolysis) is 1. The van der Waals surface area contributed by atoms with E-state index < -0.39 is 23.8 Å². The Morgan fingerprint density at radius 3 is 2.09 bits per heavy atom. The Morgan fingerprint density at radius 1 is 0.884 bits per heavy atom. The maximum atomic E-state index is 14.6. The number of aryl methyl sites for hydroxylation is 4. The number of nitrogens with one attached hydrogen (secondary N) is 2. The number of para-hydroxylation sites is 1. The largest absolute Gasteiger partial charge is 0.444 e. The fourth-order valence-electron chi connectivity index (χ4n) is 5.26. The van der Waals surface area contributed by atoms with E-state index in [9.17, 15) is 14.4 Å². The van der Waals surface area contributed by atoms with Gasteiger partial charge in [0, 0.05) is 12.2 Å². The van der Waals surface area contributed by atoms with Crippen LogP contribution in [0.25, 0.3) is 0 Å². The van der Waals surface area contributed by atoms with Crippen LogP contribution >= 0.6 is 0 Å². The van der Waals surface area contributed by atoms with Gasteiger partial charge in [-0.3, -0.25) is 9.59 Å². The van der Waals surface area contributed by atoms with Gasteiger partial charge in [0.05, 0.1) is 0 Å². The molecule has 0 aliphatic heterocycles. The van der Waals surface area contributed by atoms with Crippen molar-refractivity contribution in [3.63, 3.8) is 0 Å². The minimum Gasteiger partial charge on any atom is -0.444 e. The Hall–Kier alpha value is -3.35. The number of amides is 3. The average molecular weight is 594 g/mol. The summed E-state index contributed by atoms with van der Waals surface area (Å²) in [5.74, 6) is -0.727. The van der Waals surface area contributed by atoms with Crippen molar-refractivity contribution in [1.29, 1.82) is 0 Å². The fraction of sp³-hybridized carbons (Fsp3) is 0.583. The minimum atomic E-state index is -0.885. The third-order valence-electron chi connectivity index (χ3n) is 7.96. The number of rotatable bonds is 14. The summed E-state index contributed by atoms with van der Waals surface area (Å²) >= 11 is 0. The first-order valence-corrected chi connectivity index (χ1v) is 15.9. The van der Waals surface area contributed by atoms with Crippen LogP contribution < -0.4 is 10.6 Å². The number of carbonyl (C=O) groups excluding carboxylic acids is 3. The summed E-state index contributed by atoms with van der Waals surface area (Å²) in [4.78, 5) is 43.7. The standard InChI is InChI=1S/C36H55N3O4/c1-11-13-14-15-16-22-39(34(41)31(25(4)12-2)38-35(42)43-36(8,9)10)32(29-23-24(3)20-21-26(29)5)33(40)37-30-27(6)18-17-19-28(30)7/h17-21,23,25,31-32H,11-16,22H2,1-10H3,(H,37,40)(H,38,42). The molecule has 0 saturated heterocycles. The average Bonchev–Trinajstić information content (AvgIpc) is 2.93. The van der Waals surface area contributed by atoms with Crippen molar-refractivity contribution in [3.05, 3.63) is 64.2 Å². The van der Waals surface area contributed by atoms with Crippen LogP contribution in [0.4, 0.5) is 10.5 Å². The van der Waals surface area contributed by atoms with Crippen molar-refractivity contribution in [2.24, 2.45) is 5.92 Å². The maximum Gasteiger partial charge on any atom is 0.408 e. The summed E-state index contributed by atoms with van der Waals surface area (Å²) in [5.41, 5.74) is 4.67. The van der Waals surface area contributed by atoms with Crippen LogP contribution in [-0.4, -0.2) is 41.0 Å². The van der Waals surface area contributed by atoms with E-state index in [0.717, 1.165) is 65.6 Å². The lowest BCUT2D eigenvalue weighted by molar-refractivity contribution is -0.142. The topological polar surface area (TPSA) is 87.7 Å². The van der Waals surface area contributed by atoms with Gasteiger partial charge in [0.15, 0.2) is 0 Å². The van der Waals surface area contributed by atoms with Gasteiger partial charge in [0.25, 0.3) is 5.91 Å². The van der Waals surface area contributed by atoms with Gasteiger partial charge in [0.1, 0.15) is 17.7 Å². The van der Waals surface area contributed by atoms with Gasteiger partial charge in [-0.1, -0.05) is 94.8 Å². The van der Waals surface area contributed by atoms with E-state index in [1.54, 1.807) is 25.7 Å². The molecular formula is C36H55N3O4. The highest BCUT2D eigenvalue weighted by Crippen LogP contribution is 2.31. The second-order valence-electron chi connectivity index (χ2n) is 13.0. The van der Waals surface area contributed by atoms with Gasteiger partial charge < -0.3 is 20.3 Å². The molecule has 0 radical (unpaired) electrons. The minimum absolute atomic E-state index is 0.177. The van der Waals surface area contributed by atoms with Crippen LogP contribution in [0.5, 0.6) is 0 Å². The molecule has 2 aromatic carbocycles. The Morgan fingerprint density at radius 2 is 1.51 bits per heavy atom. The van der Waals surface area contributed by atoms with Gasteiger partial charge in [-0.25, -0.2) is 4.79 Å². The first kappa shape index (κ1) is 35.8. The van der Waals surface area contributed by atoms with E-state index in [0.29, 0.717) is 13.0 Å². The number of carbonyl (C=O) groups is 3. The summed E-state index contributed by atoms with van der Waals surface area (Å²) in [6.07, 6.45) is 5.02. The number of unbranched alkanes of at least 4 members (excludes halogenated alkanes) is 4. The van der Waals surface area contributed by atoms with Crippen molar-refractivity contribution in [2.45, 2.75) is 125 Å². The first-order chi connectivity index (χ1) is 20.2. The van der Waals surface area contributed by atoms with Gasteiger partial charge in [-0.05, 0) is 83.1 Å². The van der Waals surface area contributed by atoms with Crippen molar-refractivity contribution in [1.82, 2.24) is 10.2 Å². The number of anilines is 1. The molecule has 2 N–H and O–H groups in total. The van der Waals surface area contributed by atoms with Crippen molar-refractivity contribution in [3.8, 4) is 0 Å². The van der Waals surface area contributed by atoms with Crippen LogP contribution in [-0.2, 0) is 14.3 Å². The predicted octanol–water partition coefficient (Wildman–Crippen LogP) is 8.34. The normalized spacial score (nSPS) is 13.5. The van der Waals surface area contributed by atoms with Gasteiger partial charge in [-0.15, -0.1) is 0 Å². The van der Waals surface area contributed by atoms with Gasteiger partial charge in [-0.2, -0.15) is 0 Å². The van der Waals surface area contributed by atoms with Crippen molar-refractivity contribution in [2.75, 3.05) is 11.9 Å². The molecule has 0 aromatic heterocycles. The molecule has 2 aromatic rings. The SMILES string of the molecule is CCCCCCCN(C(=O)C(NC(=O)OC(C)(C)C)C(C)CC)C(C(=O)Nc1c(C)cccc1C)c1cc(C)ccc1C. The van der Waals surface area contributed by atoms with Gasteiger partial charge >= 0.3 is 6.09 Å². The zero-order valence-electron chi connectivity index (χ0n) is 28.2. The monoisotopic (exact) mass is 593 g/mol. The van der Waals surface area contributed by atoms with E-state index >= 15 is 0 Å². The lowest BCUT2D eigenvalue weighted by Gasteiger charge is -2.37. The summed E-state index contributed by atoms with van der Waals surface area (Å²) in [5, 5.41) is 6.05. The van der Waals surface area contributed by atoms with Crippen LogP contribution in [0.1, 0.15) is 114 Å². The Bertz CT molecular complexity index is 1210. The summed E-state index contributed by atoms with van der Waals surface area (Å²) in [7, 11) is 0. The highest BCUT2D eigenvalue weighted by molar-refractivity contribution is 6.00. The quantitative estimate of drug-likeness (QED) is 0.216. The lowest BCUT2D eigenvalue weighted by atomic mass is 9.93. The number of hydrogen-bond acceptors (Lipinski definition) is 4. The molecule has 3 atom stereocenters. The van der Waals surface area contributed by atoms with E-state index in [1.165, 1.54) is 0 Å². The van der Waals surface area contributed by atoms with Crippen LogP contribution in [0.3, 0.4) is 0 Å². The lowest BCUT2D eigenvalue weighted by Crippen LogP contribution is -2.55. The second-order valence-corrected chi connectivity index (χ2v) is 13.0. The zero-order valence-corrected chi connectivity index (χ0v) is 28.2. The molecule has 0 fully saturated rings. The molecule has 3 unspecified atom stereocenters. The molecule has 2 rings (SSSR count). The summed E-state index contributed by atoms with van der Waals surface area (Å²) in [6.45, 7) is 19.8. The van der Waals surface area contributed by atoms with Crippen molar-refractivity contribution >= 4 is 23.6 Å². The molecule has 0 spiro atoms. The molecule has 7 heteroatoms. The van der Waals surface area contributed by atoms with Gasteiger partial charge in [0.2, 0.25) is 5.91 Å². The third kappa shape index (κ3) is 10.7. The highest BCUT2D eigenvalue weighted by Gasteiger charge is 2.38. The Balaban J connectivity index is 2.65. The first-order valence-electron chi connectivity index (χ1n) is 15.9. The third-order valence-corrected chi connectivity index (χ3v) is 7.96. The molecule has 0 aliphatic carbocycles. The molecule has 43 heavy (non-hydrogen) atoms. The maximum absolute atomic E-state index is 14.6. The molecular weight excluding hydrogens is 538 g/mol. The smallest absolute Gasteiger partial charge is 0.408 e. The van der Waals surface area contributed by atoms with Crippen LogP contribution in [0.15, 0.2) is 36.4 Å². The van der Waals surface area contributed by atoms with E-state index in [1.807, 2.05) is 77.9 Å². The number of hydrogen-bond donors (Lipinski definition) is 2. The summed E-state index contributed by atoms with van der Waals surface area (Å²) < 4.78 is 5.55. The fourth-order valence-corrected chi connectivity index (χ4v) is 5.26. The molecule has 3 amide bonds. The molecule has 0 heterocycles. The van der Waals surface area contributed by atoms with Crippen molar-refractivity contribution < 1.29 is 19.1 Å². The second kappa shape index (κ2) is 16.5. The number of nitrogens with zero attached hydrogens (tertiary/aromatic N) is 1. The van der Waals surface area contributed by atoms with Crippen LogP contribution in [0, 0.1) is 33.6 Å². The van der Waals surface area contributed by atoms with E-state index in [-0.39, 0.29) is 17.7 Å². The zero-order chi connectivity index (χ0) is 32.3. The number of benzene rings is 2. The van der Waals surface area contributed by atoms with Crippen LogP contribution in [0.2, 0.25) is 0 Å². The molecule has 0 bridgehead atoms. The molecule has 0 saturated carbocycles. The molecule has 0 aliphatic rings.